The quantitative estimate of drug-likeness (QED) is 0.771. The van der Waals surface area contributed by atoms with Crippen molar-refractivity contribution in [2.75, 3.05) is 6.54 Å². The molecule has 2 nitrogen and oxygen atoms in total. The van der Waals surface area contributed by atoms with Crippen molar-refractivity contribution in [3.8, 4) is 0 Å². The molecule has 1 aliphatic rings. The Morgan fingerprint density at radius 1 is 1.33 bits per heavy atom. The first-order chi connectivity index (χ1) is 7.07. The maximum absolute atomic E-state index is 9.44. The predicted molar refractivity (Wildman–Crippen MR) is 61.9 cm³/mol. The molecule has 0 heterocycles. The van der Waals surface area contributed by atoms with Crippen LogP contribution in [0.2, 0.25) is 0 Å². The lowest BCUT2D eigenvalue weighted by molar-refractivity contribution is 0.0221. The van der Waals surface area contributed by atoms with Gasteiger partial charge >= 0.3 is 0 Å². The van der Waals surface area contributed by atoms with Gasteiger partial charge < -0.3 is 10.8 Å². The summed E-state index contributed by atoms with van der Waals surface area (Å²) in [5.74, 6) is 0. The molecule has 0 bridgehead atoms. The molecule has 0 atom stereocenters. The summed E-state index contributed by atoms with van der Waals surface area (Å²) in [4.78, 5) is 0. The van der Waals surface area contributed by atoms with Crippen LogP contribution in [0, 0.1) is 13.8 Å². The lowest BCUT2D eigenvalue weighted by atomic mass is 9.62. The van der Waals surface area contributed by atoms with Crippen LogP contribution < -0.4 is 5.73 Å². The average Bonchev–Trinajstić information content (AvgIpc) is 2.17. The molecule has 0 spiro atoms. The van der Waals surface area contributed by atoms with E-state index in [9.17, 15) is 5.11 Å². The van der Waals surface area contributed by atoms with Gasteiger partial charge in [-0.15, -0.1) is 0 Å². The second kappa shape index (κ2) is 3.62. The van der Waals surface area contributed by atoms with Gasteiger partial charge in [0.15, 0.2) is 0 Å². The monoisotopic (exact) mass is 205 g/mol. The molecule has 2 heteroatoms. The zero-order valence-corrected chi connectivity index (χ0v) is 9.46. The molecule has 0 aromatic heterocycles. The van der Waals surface area contributed by atoms with E-state index in [2.05, 4.69) is 32.0 Å². The van der Waals surface area contributed by atoms with Crippen molar-refractivity contribution in [1.82, 2.24) is 0 Å². The van der Waals surface area contributed by atoms with E-state index in [-0.39, 0.29) is 11.5 Å². The van der Waals surface area contributed by atoms with Crippen molar-refractivity contribution in [2.24, 2.45) is 5.73 Å². The van der Waals surface area contributed by atoms with Crippen LogP contribution in [0.4, 0.5) is 0 Å². The highest BCUT2D eigenvalue weighted by molar-refractivity contribution is 5.37. The van der Waals surface area contributed by atoms with Crippen LogP contribution in [-0.2, 0) is 5.41 Å². The highest BCUT2D eigenvalue weighted by Gasteiger charge is 2.43. The highest BCUT2D eigenvalue weighted by atomic mass is 16.3. The number of aliphatic hydroxyl groups is 1. The van der Waals surface area contributed by atoms with Crippen LogP contribution in [0.15, 0.2) is 18.2 Å². The fraction of sp³-hybridized carbons (Fsp3) is 0.538. The summed E-state index contributed by atoms with van der Waals surface area (Å²) in [6.45, 7) is 4.87. The fourth-order valence-electron chi connectivity index (χ4n) is 2.43. The molecule has 1 fully saturated rings. The van der Waals surface area contributed by atoms with E-state index in [4.69, 9.17) is 5.73 Å². The summed E-state index contributed by atoms with van der Waals surface area (Å²) in [5.41, 5.74) is 9.79. The smallest absolute Gasteiger partial charge is 0.0558 e. The van der Waals surface area contributed by atoms with Gasteiger partial charge in [0.2, 0.25) is 0 Å². The van der Waals surface area contributed by atoms with Crippen LogP contribution >= 0.6 is 0 Å². The third-order valence-electron chi connectivity index (χ3n) is 3.76. The van der Waals surface area contributed by atoms with Crippen molar-refractivity contribution in [2.45, 2.75) is 38.2 Å². The van der Waals surface area contributed by atoms with Gasteiger partial charge in [-0.05, 0) is 43.4 Å². The Morgan fingerprint density at radius 3 is 2.47 bits per heavy atom. The third kappa shape index (κ3) is 1.68. The van der Waals surface area contributed by atoms with Gasteiger partial charge in [0.05, 0.1) is 6.10 Å². The zero-order valence-electron chi connectivity index (χ0n) is 9.46. The first kappa shape index (κ1) is 10.7. The van der Waals surface area contributed by atoms with Gasteiger partial charge in [0, 0.05) is 12.0 Å². The minimum Gasteiger partial charge on any atom is -0.393 e. The van der Waals surface area contributed by atoms with Gasteiger partial charge in [-0.25, -0.2) is 0 Å². The molecule has 0 amide bonds. The Morgan fingerprint density at radius 2 is 2.00 bits per heavy atom. The van der Waals surface area contributed by atoms with Crippen molar-refractivity contribution in [3.63, 3.8) is 0 Å². The highest BCUT2D eigenvalue weighted by Crippen LogP contribution is 2.43. The Hall–Kier alpha value is -0.860. The van der Waals surface area contributed by atoms with Crippen LogP contribution in [0.3, 0.4) is 0 Å². The molecule has 1 saturated carbocycles. The Labute approximate surface area is 91.1 Å². The fourth-order valence-corrected chi connectivity index (χ4v) is 2.43. The molecule has 3 N–H and O–H groups in total. The van der Waals surface area contributed by atoms with Gasteiger partial charge in [0.25, 0.3) is 0 Å². The van der Waals surface area contributed by atoms with Gasteiger partial charge in [-0.1, -0.05) is 18.2 Å². The van der Waals surface area contributed by atoms with E-state index in [0.29, 0.717) is 6.54 Å². The lowest BCUT2D eigenvalue weighted by Gasteiger charge is -2.45. The number of aryl methyl sites for hydroxylation is 2. The van der Waals surface area contributed by atoms with E-state index in [0.717, 1.165) is 12.8 Å². The molecular formula is C13H19NO. The number of rotatable bonds is 2. The first-order valence-electron chi connectivity index (χ1n) is 5.53. The molecular weight excluding hydrogens is 186 g/mol. The summed E-state index contributed by atoms with van der Waals surface area (Å²) < 4.78 is 0. The second-order valence-electron chi connectivity index (χ2n) is 4.85. The Bertz CT molecular complexity index is 367. The van der Waals surface area contributed by atoms with E-state index in [1.165, 1.54) is 16.7 Å². The average molecular weight is 205 g/mol. The predicted octanol–water partition coefficient (Wildman–Crippen LogP) is 1.65. The zero-order chi connectivity index (χ0) is 11.1. The lowest BCUT2D eigenvalue weighted by Crippen LogP contribution is -2.49. The maximum Gasteiger partial charge on any atom is 0.0558 e. The summed E-state index contributed by atoms with van der Waals surface area (Å²) in [6, 6.07) is 6.52. The molecule has 1 aromatic rings. The van der Waals surface area contributed by atoms with Crippen molar-refractivity contribution < 1.29 is 5.11 Å². The molecule has 0 saturated heterocycles. The summed E-state index contributed by atoms with van der Waals surface area (Å²) in [7, 11) is 0. The maximum atomic E-state index is 9.44. The van der Waals surface area contributed by atoms with E-state index in [1.54, 1.807) is 0 Å². The molecule has 2 rings (SSSR count). The number of aliphatic hydroxyl groups excluding tert-OH is 1. The minimum absolute atomic E-state index is 0.0396. The van der Waals surface area contributed by atoms with Crippen LogP contribution in [-0.4, -0.2) is 17.8 Å². The molecule has 82 valence electrons. The van der Waals surface area contributed by atoms with Crippen LogP contribution in [0.1, 0.15) is 29.5 Å². The Kier molecular flexibility index (Phi) is 2.57. The number of benzene rings is 1. The summed E-state index contributed by atoms with van der Waals surface area (Å²) in [5, 5.41) is 9.44. The third-order valence-corrected chi connectivity index (χ3v) is 3.76. The second-order valence-corrected chi connectivity index (χ2v) is 4.85. The summed E-state index contributed by atoms with van der Waals surface area (Å²) >= 11 is 0. The van der Waals surface area contributed by atoms with Crippen LogP contribution in [0.25, 0.3) is 0 Å². The van der Waals surface area contributed by atoms with Gasteiger partial charge in [-0.2, -0.15) is 0 Å². The van der Waals surface area contributed by atoms with E-state index >= 15 is 0 Å². The van der Waals surface area contributed by atoms with E-state index in [1.807, 2.05) is 0 Å². The minimum atomic E-state index is -0.157. The standard InChI is InChI=1S/C13H19NO/c1-9-3-4-11(5-10(9)2)13(8-14)6-12(15)7-13/h3-5,12,15H,6-8,14H2,1-2H3. The van der Waals surface area contributed by atoms with Gasteiger partial charge in [0.1, 0.15) is 0 Å². The largest absolute Gasteiger partial charge is 0.393 e. The Balaban J connectivity index is 2.32. The van der Waals surface area contributed by atoms with Crippen LogP contribution in [0.5, 0.6) is 0 Å². The summed E-state index contributed by atoms with van der Waals surface area (Å²) in [6.07, 6.45) is 1.47. The number of nitrogens with two attached hydrogens (primary N) is 1. The SMILES string of the molecule is Cc1ccc(C2(CN)CC(O)C2)cc1C. The molecule has 1 aliphatic carbocycles. The van der Waals surface area contributed by atoms with Gasteiger partial charge in [-0.3, -0.25) is 0 Å². The number of hydrogen-bond acceptors (Lipinski definition) is 2. The van der Waals surface area contributed by atoms with E-state index < -0.39 is 0 Å². The molecule has 15 heavy (non-hydrogen) atoms. The molecule has 1 aromatic carbocycles. The molecule has 0 unspecified atom stereocenters. The van der Waals surface area contributed by atoms with Crippen molar-refractivity contribution >= 4 is 0 Å². The number of hydrogen-bond donors (Lipinski definition) is 2. The van der Waals surface area contributed by atoms with Crippen molar-refractivity contribution in [1.29, 1.82) is 0 Å². The first-order valence-corrected chi connectivity index (χ1v) is 5.53. The molecule has 0 aliphatic heterocycles. The van der Waals surface area contributed by atoms with Crippen molar-refractivity contribution in [3.05, 3.63) is 34.9 Å². The topological polar surface area (TPSA) is 46.2 Å². The normalized spacial score (nSPS) is 30.0. The molecule has 0 radical (unpaired) electrons.